The van der Waals surface area contributed by atoms with Crippen LogP contribution in [0.2, 0.25) is 0 Å². The molecule has 0 radical (unpaired) electrons. The van der Waals surface area contributed by atoms with Gasteiger partial charge in [0.2, 0.25) is 0 Å². The number of rotatable bonds is 4. The minimum absolute atomic E-state index is 0.381. The van der Waals surface area contributed by atoms with Crippen LogP contribution >= 0.6 is 11.3 Å². The van der Waals surface area contributed by atoms with Crippen LogP contribution in [-0.2, 0) is 6.42 Å². The molecule has 1 saturated heterocycles. The van der Waals surface area contributed by atoms with Gasteiger partial charge in [0, 0.05) is 11.4 Å². The monoisotopic (exact) mass is 225 g/mol. The number of hydrogen-bond acceptors (Lipinski definition) is 3. The lowest BCUT2D eigenvalue weighted by molar-refractivity contribution is 0.172. The molecule has 1 atom stereocenters. The van der Waals surface area contributed by atoms with Crippen LogP contribution in [0.1, 0.15) is 31.1 Å². The van der Waals surface area contributed by atoms with E-state index in [1.807, 2.05) is 0 Å². The highest BCUT2D eigenvalue weighted by molar-refractivity contribution is 7.13. The number of piperidine rings is 1. The molecule has 2 rings (SSSR count). The van der Waals surface area contributed by atoms with Gasteiger partial charge < -0.3 is 10.1 Å². The zero-order chi connectivity index (χ0) is 10.5. The Labute approximate surface area is 95.6 Å². The highest BCUT2D eigenvalue weighted by Crippen LogP contribution is 2.27. The second kappa shape index (κ2) is 5.52. The fraction of sp³-hybridized carbons (Fsp3) is 0.667. The molecule has 0 spiro atoms. The van der Waals surface area contributed by atoms with Gasteiger partial charge in [-0.1, -0.05) is 13.3 Å². The number of thiophene rings is 1. The van der Waals surface area contributed by atoms with Crippen molar-refractivity contribution in [3.63, 3.8) is 0 Å². The van der Waals surface area contributed by atoms with Crippen molar-refractivity contribution in [2.24, 2.45) is 0 Å². The summed E-state index contributed by atoms with van der Waals surface area (Å²) >= 11 is 1.80. The smallest absolute Gasteiger partial charge is 0.174 e. The van der Waals surface area contributed by atoms with Crippen LogP contribution in [0, 0.1) is 0 Å². The standard InChI is InChI=1S/C12H19NOS/c1-2-4-11-6-7-12(15-11)14-10-5-3-8-13-9-10/h6-7,10,13H,2-5,8-9H2,1H3. The molecule has 1 aliphatic heterocycles. The quantitative estimate of drug-likeness (QED) is 0.851. The Balaban J connectivity index is 1.86. The molecule has 1 aliphatic rings. The van der Waals surface area contributed by atoms with Crippen molar-refractivity contribution in [1.29, 1.82) is 0 Å². The van der Waals surface area contributed by atoms with E-state index >= 15 is 0 Å². The molecule has 1 aromatic rings. The van der Waals surface area contributed by atoms with Gasteiger partial charge in [0.15, 0.2) is 5.06 Å². The SMILES string of the molecule is CCCc1ccc(OC2CCCNC2)s1. The summed E-state index contributed by atoms with van der Waals surface area (Å²) in [5.74, 6) is 0. The third-order valence-electron chi connectivity index (χ3n) is 2.67. The van der Waals surface area contributed by atoms with E-state index in [-0.39, 0.29) is 0 Å². The minimum Gasteiger partial charge on any atom is -0.480 e. The third-order valence-corrected chi connectivity index (χ3v) is 3.70. The van der Waals surface area contributed by atoms with Crippen LogP contribution in [-0.4, -0.2) is 19.2 Å². The number of hydrogen-bond donors (Lipinski definition) is 1. The largest absolute Gasteiger partial charge is 0.480 e. The number of aryl methyl sites for hydroxylation is 1. The van der Waals surface area contributed by atoms with Crippen molar-refractivity contribution in [3.05, 3.63) is 17.0 Å². The summed E-state index contributed by atoms with van der Waals surface area (Å²) < 4.78 is 5.94. The summed E-state index contributed by atoms with van der Waals surface area (Å²) in [4.78, 5) is 1.44. The second-order valence-electron chi connectivity index (χ2n) is 4.06. The van der Waals surface area contributed by atoms with Gasteiger partial charge in [0.1, 0.15) is 6.10 Å². The van der Waals surface area contributed by atoms with Crippen LogP contribution in [0.25, 0.3) is 0 Å². The van der Waals surface area contributed by atoms with Gasteiger partial charge in [-0.05, 0) is 37.9 Å². The average molecular weight is 225 g/mol. The van der Waals surface area contributed by atoms with Crippen LogP contribution in [0.4, 0.5) is 0 Å². The van der Waals surface area contributed by atoms with Gasteiger partial charge in [0.25, 0.3) is 0 Å². The zero-order valence-corrected chi connectivity index (χ0v) is 10.1. The normalized spacial score (nSPS) is 21.5. The maximum absolute atomic E-state index is 5.94. The molecule has 0 aliphatic carbocycles. The predicted molar refractivity (Wildman–Crippen MR) is 64.8 cm³/mol. The Hall–Kier alpha value is -0.540. The molecule has 1 aromatic heterocycles. The topological polar surface area (TPSA) is 21.3 Å². The summed E-state index contributed by atoms with van der Waals surface area (Å²) in [7, 11) is 0. The third kappa shape index (κ3) is 3.21. The Morgan fingerprint density at radius 3 is 3.20 bits per heavy atom. The van der Waals surface area contributed by atoms with Gasteiger partial charge in [-0.2, -0.15) is 0 Å². The first kappa shape index (κ1) is 11.0. The van der Waals surface area contributed by atoms with E-state index in [2.05, 4.69) is 24.4 Å². The Morgan fingerprint density at radius 1 is 1.53 bits per heavy atom. The molecule has 2 nitrogen and oxygen atoms in total. The Bertz CT molecular complexity index is 292. The number of nitrogens with one attached hydrogen (secondary N) is 1. The molecule has 1 fully saturated rings. The van der Waals surface area contributed by atoms with E-state index in [0.29, 0.717) is 6.10 Å². The molecule has 1 unspecified atom stereocenters. The molecule has 1 N–H and O–H groups in total. The highest BCUT2D eigenvalue weighted by atomic mass is 32.1. The number of ether oxygens (including phenoxy) is 1. The van der Waals surface area contributed by atoms with Crippen molar-refractivity contribution in [2.45, 2.75) is 38.7 Å². The van der Waals surface area contributed by atoms with E-state index < -0.39 is 0 Å². The fourth-order valence-corrected chi connectivity index (χ4v) is 2.91. The molecular weight excluding hydrogens is 206 g/mol. The lowest BCUT2D eigenvalue weighted by Crippen LogP contribution is -2.36. The Morgan fingerprint density at radius 2 is 2.47 bits per heavy atom. The van der Waals surface area contributed by atoms with Gasteiger partial charge >= 0.3 is 0 Å². The van der Waals surface area contributed by atoms with Crippen LogP contribution < -0.4 is 10.1 Å². The first-order chi connectivity index (χ1) is 7.38. The van der Waals surface area contributed by atoms with E-state index in [9.17, 15) is 0 Å². The zero-order valence-electron chi connectivity index (χ0n) is 9.29. The van der Waals surface area contributed by atoms with Crippen molar-refractivity contribution in [2.75, 3.05) is 13.1 Å². The summed E-state index contributed by atoms with van der Waals surface area (Å²) in [6, 6.07) is 4.31. The highest BCUT2D eigenvalue weighted by Gasteiger charge is 2.14. The predicted octanol–water partition coefficient (Wildman–Crippen LogP) is 2.83. The molecule has 84 valence electrons. The van der Waals surface area contributed by atoms with Crippen molar-refractivity contribution < 1.29 is 4.74 Å². The first-order valence-electron chi connectivity index (χ1n) is 5.84. The lowest BCUT2D eigenvalue weighted by Gasteiger charge is -2.22. The Kier molecular flexibility index (Phi) is 4.03. The van der Waals surface area contributed by atoms with Crippen LogP contribution in [0.15, 0.2) is 12.1 Å². The molecule has 3 heteroatoms. The van der Waals surface area contributed by atoms with Crippen molar-refractivity contribution >= 4 is 11.3 Å². The van der Waals surface area contributed by atoms with E-state index in [1.165, 1.54) is 30.6 Å². The molecule has 0 amide bonds. The maximum atomic E-state index is 5.94. The summed E-state index contributed by atoms with van der Waals surface area (Å²) in [6.07, 6.45) is 5.19. The maximum Gasteiger partial charge on any atom is 0.174 e. The molecular formula is C12H19NOS. The fourth-order valence-electron chi connectivity index (χ4n) is 1.89. The summed E-state index contributed by atoms with van der Waals surface area (Å²) in [6.45, 7) is 4.36. The molecule has 15 heavy (non-hydrogen) atoms. The van der Waals surface area contributed by atoms with Gasteiger partial charge in [-0.3, -0.25) is 0 Å². The molecule has 0 bridgehead atoms. The lowest BCUT2D eigenvalue weighted by atomic mass is 10.1. The first-order valence-corrected chi connectivity index (χ1v) is 6.66. The van der Waals surface area contributed by atoms with Crippen molar-refractivity contribution in [3.8, 4) is 5.06 Å². The van der Waals surface area contributed by atoms with Gasteiger partial charge in [-0.25, -0.2) is 0 Å². The summed E-state index contributed by atoms with van der Waals surface area (Å²) in [5.41, 5.74) is 0. The molecule has 0 aromatic carbocycles. The van der Waals surface area contributed by atoms with E-state index in [4.69, 9.17) is 4.74 Å². The minimum atomic E-state index is 0.381. The molecule has 0 saturated carbocycles. The van der Waals surface area contributed by atoms with E-state index in [0.717, 1.165) is 18.2 Å². The second-order valence-corrected chi connectivity index (χ2v) is 5.19. The van der Waals surface area contributed by atoms with Crippen LogP contribution in [0.3, 0.4) is 0 Å². The summed E-state index contributed by atoms with van der Waals surface area (Å²) in [5, 5.41) is 4.46. The van der Waals surface area contributed by atoms with Crippen molar-refractivity contribution in [1.82, 2.24) is 5.32 Å². The van der Waals surface area contributed by atoms with E-state index in [1.54, 1.807) is 11.3 Å². The van der Waals surface area contributed by atoms with Gasteiger partial charge in [-0.15, -0.1) is 11.3 Å². The van der Waals surface area contributed by atoms with Crippen LogP contribution in [0.5, 0.6) is 5.06 Å². The molecule has 2 heterocycles. The average Bonchev–Trinajstić information content (AvgIpc) is 2.68. The van der Waals surface area contributed by atoms with Gasteiger partial charge in [0.05, 0.1) is 0 Å².